The Bertz CT molecular complexity index is 477. The van der Waals surface area contributed by atoms with Crippen molar-refractivity contribution >= 4 is 11.9 Å². The van der Waals surface area contributed by atoms with Crippen LogP contribution in [0.25, 0.3) is 6.08 Å². The summed E-state index contributed by atoms with van der Waals surface area (Å²) in [4.78, 5) is 12.5. The number of aromatic nitrogens is 1. The van der Waals surface area contributed by atoms with Gasteiger partial charge in [-0.1, -0.05) is 12.8 Å². The molecular formula is C16H21NO. The highest BCUT2D eigenvalue weighted by Crippen LogP contribution is 2.40. The fraction of sp³-hybridized carbons (Fsp3) is 0.562. The number of aryl methyl sites for hydroxylation is 1. The molecule has 0 radical (unpaired) electrons. The summed E-state index contributed by atoms with van der Waals surface area (Å²) in [6.07, 6.45) is 11.4. The molecule has 0 amide bonds. The molecule has 0 saturated heterocycles. The van der Waals surface area contributed by atoms with Gasteiger partial charge >= 0.3 is 0 Å². The summed E-state index contributed by atoms with van der Waals surface area (Å²) in [6.45, 7) is 0. The highest BCUT2D eigenvalue weighted by molar-refractivity contribution is 6.03. The van der Waals surface area contributed by atoms with Crippen LogP contribution >= 0.6 is 0 Å². The molecule has 96 valence electrons. The number of hydrogen-bond acceptors (Lipinski definition) is 1. The molecule has 0 spiro atoms. The number of carbonyl (C=O) groups excluding carboxylic acids is 1. The lowest BCUT2D eigenvalue weighted by atomic mass is 9.88. The lowest BCUT2D eigenvalue weighted by Gasteiger charge is -2.15. The first-order valence-corrected chi connectivity index (χ1v) is 7.12. The van der Waals surface area contributed by atoms with Crippen molar-refractivity contribution in [2.45, 2.75) is 38.5 Å². The van der Waals surface area contributed by atoms with Gasteiger partial charge in [-0.2, -0.15) is 0 Å². The monoisotopic (exact) mass is 243 g/mol. The number of nitrogens with zero attached hydrogens (tertiary/aromatic N) is 1. The number of carbonyl (C=O) groups is 1. The molecule has 1 aromatic heterocycles. The number of Topliss-reactive ketones (excluding diaryl/α,β-unsaturated/α-hetero) is 1. The molecule has 1 unspecified atom stereocenters. The molecule has 1 heterocycles. The number of rotatable bonds is 2. The zero-order valence-corrected chi connectivity index (χ0v) is 11.1. The van der Waals surface area contributed by atoms with Crippen LogP contribution in [0.5, 0.6) is 0 Å². The molecule has 2 aliphatic carbocycles. The third-order valence-electron chi connectivity index (χ3n) is 4.65. The van der Waals surface area contributed by atoms with E-state index >= 15 is 0 Å². The van der Waals surface area contributed by atoms with E-state index in [-0.39, 0.29) is 0 Å². The molecule has 2 fully saturated rings. The number of ketones is 1. The topological polar surface area (TPSA) is 22.0 Å². The summed E-state index contributed by atoms with van der Waals surface area (Å²) in [5, 5.41) is 0. The van der Waals surface area contributed by atoms with Crippen molar-refractivity contribution < 1.29 is 4.79 Å². The van der Waals surface area contributed by atoms with Crippen LogP contribution in [0.1, 0.15) is 44.2 Å². The predicted molar refractivity (Wildman–Crippen MR) is 73.1 cm³/mol. The van der Waals surface area contributed by atoms with E-state index in [0.717, 1.165) is 24.1 Å². The second kappa shape index (κ2) is 4.75. The van der Waals surface area contributed by atoms with Gasteiger partial charge in [-0.05, 0) is 55.4 Å². The molecule has 1 atom stereocenters. The van der Waals surface area contributed by atoms with E-state index in [2.05, 4.69) is 16.7 Å². The van der Waals surface area contributed by atoms with Crippen LogP contribution in [0.2, 0.25) is 0 Å². The minimum absolute atomic E-state index is 0.332. The average Bonchev–Trinajstić information content (AvgIpc) is 3.05. The molecule has 0 aliphatic heterocycles. The van der Waals surface area contributed by atoms with Gasteiger partial charge in [0.25, 0.3) is 0 Å². The highest BCUT2D eigenvalue weighted by Gasteiger charge is 2.36. The van der Waals surface area contributed by atoms with Crippen LogP contribution in [-0.4, -0.2) is 10.4 Å². The Morgan fingerprint density at radius 1 is 1.28 bits per heavy atom. The largest absolute Gasteiger partial charge is 0.351 e. The zero-order valence-electron chi connectivity index (χ0n) is 11.1. The van der Waals surface area contributed by atoms with Gasteiger partial charge < -0.3 is 4.57 Å². The van der Waals surface area contributed by atoms with E-state index in [1.165, 1.54) is 25.7 Å². The first-order chi connectivity index (χ1) is 8.75. The van der Waals surface area contributed by atoms with Gasteiger partial charge in [0.15, 0.2) is 5.78 Å². The lowest BCUT2D eigenvalue weighted by Crippen LogP contribution is -2.16. The van der Waals surface area contributed by atoms with Crippen LogP contribution in [0.3, 0.4) is 0 Å². The Hall–Kier alpha value is -1.31. The van der Waals surface area contributed by atoms with E-state index < -0.39 is 0 Å². The van der Waals surface area contributed by atoms with Crippen molar-refractivity contribution in [3.8, 4) is 0 Å². The molecule has 0 bridgehead atoms. The maximum atomic E-state index is 12.5. The first kappa shape index (κ1) is 11.8. The Morgan fingerprint density at radius 3 is 2.72 bits per heavy atom. The van der Waals surface area contributed by atoms with E-state index in [9.17, 15) is 4.79 Å². The van der Waals surface area contributed by atoms with Crippen LogP contribution in [-0.2, 0) is 11.8 Å². The molecule has 0 aromatic carbocycles. The van der Waals surface area contributed by atoms with E-state index in [4.69, 9.17) is 0 Å². The normalized spacial score (nSPS) is 27.5. The minimum atomic E-state index is 0.332. The van der Waals surface area contributed by atoms with Crippen molar-refractivity contribution in [2.24, 2.45) is 18.9 Å². The molecule has 0 N–H and O–H groups in total. The van der Waals surface area contributed by atoms with Gasteiger partial charge in [-0.3, -0.25) is 4.79 Å². The van der Waals surface area contributed by atoms with Gasteiger partial charge in [-0.15, -0.1) is 0 Å². The van der Waals surface area contributed by atoms with Crippen molar-refractivity contribution in [1.82, 2.24) is 4.57 Å². The number of allylic oxidation sites excluding steroid dienone is 1. The zero-order chi connectivity index (χ0) is 12.5. The summed E-state index contributed by atoms with van der Waals surface area (Å²) >= 11 is 0. The van der Waals surface area contributed by atoms with Crippen LogP contribution < -0.4 is 0 Å². The maximum absolute atomic E-state index is 12.5. The molecule has 2 aliphatic rings. The second-order valence-corrected chi connectivity index (χ2v) is 5.77. The molecular weight excluding hydrogens is 222 g/mol. The standard InChI is InChI=1S/C16H21NO/c1-17-10-4-7-14(17)11-13-8-9-15(16(13)18)12-5-2-3-6-12/h4,7,10-12,15H,2-3,5-6,8-9H2,1H3/b13-11-. The van der Waals surface area contributed by atoms with Gasteiger partial charge in [0.2, 0.25) is 0 Å². The Labute approximate surface area is 109 Å². The summed E-state index contributed by atoms with van der Waals surface area (Å²) in [5.74, 6) is 1.44. The van der Waals surface area contributed by atoms with Crippen LogP contribution in [0.4, 0.5) is 0 Å². The Balaban J connectivity index is 1.78. The third kappa shape index (κ3) is 2.05. The van der Waals surface area contributed by atoms with E-state index in [1.54, 1.807) is 0 Å². The van der Waals surface area contributed by atoms with Crippen LogP contribution in [0, 0.1) is 11.8 Å². The van der Waals surface area contributed by atoms with Crippen molar-refractivity contribution in [3.05, 3.63) is 29.6 Å². The average molecular weight is 243 g/mol. The Morgan fingerprint density at radius 2 is 2.06 bits per heavy atom. The van der Waals surface area contributed by atoms with Gasteiger partial charge in [0.1, 0.15) is 0 Å². The summed E-state index contributed by atoms with van der Waals surface area (Å²) in [6, 6.07) is 4.10. The first-order valence-electron chi connectivity index (χ1n) is 7.12. The molecule has 2 saturated carbocycles. The van der Waals surface area contributed by atoms with Crippen molar-refractivity contribution in [3.63, 3.8) is 0 Å². The molecule has 1 aromatic rings. The van der Waals surface area contributed by atoms with E-state index in [1.807, 2.05) is 19.3 Å². The van der Waals surface area contributed by atoms with Gasteiger partial charge in [0.05, 0.1) is 0 Å². The highest BCUT2D eigenvalue weighted by atomic mass is 16.1. The summed E-state index contributed by atoms with van der Waals surface area (Å²) in [7, 11) is 2.03. The molecule has 3 rings (SSSR count). The van der Waals surface area contributed by atoms with E-state index in [0.29, 0.717) is 17.6 Å². The summed E-state index contributed by atoms with van der Waals surface area (Å²) < 4.78 is 2.07. The SMILES string of the molecule is Cn1cccc1/C=C1/CCC(C2CCCC2)C1=O. The van der Waals surface area contributed by atoms with Gasteiger partial charge in [-0.25, -0.2) is 0 Å². The lowest BCUT2D eigenvalue weighted by molar-refractivity contribution is -0.119. The molecule has 2 heteroatoms. The minimum Gasteiger partial charge on any atom is -0.351 e. The van der Waals surface area contributed by atoms with Crippen LogP contribution in [0.15, 0.2) is 23.9 Å². The van der Waals surface area contributed by atoms with Crippen molar-refractivity contribution in [1.29, 1.82) is 0 Å². The second-order valence-electron chi connectivity index (χ2n) is 5.77. The van der Waals surface area contributed by atoms with Gasteiger partial charge in [0, 0.05) is 24.9 Å². The quantitative estimate of drug-likeness (QED) is 0.728. The maximum Gasteiger partial charge on any atom is 0.162 e. The fourth-order valence-corrected chi connectivity index (χ4v) is 3.56. The number of hydrogen-bond donors (Lipinski definition) is 0. The smallest absolute Gasteiger partial charge is 0.162 e. The molecule has 2 nitrogen and oxygen atoms in total. The fourth-order valence-electron chi connectivity index (χ4n) is 3.56. The van der Waals surface area contributed by atoms with Crippen molar-refractivity contribution in [2.75, 3.05) is 0 Å². The molecule has 18 heavy (non-hydrogen) atoms. The Kier molecular flexibility index (Phi) is 3.11. The third-order valence-corrected chi connectivity index (χ3v) is 4.65. The predicted octanol–water partition coefficient (Wildman–Crippen LogP) is 3.58. The summed E-state index contributed by atoms with van der Waals surface area (Å²) in [5.41, 5.74) is 2.19.